The Morgan fingerprint density at radius 2 is 2.07 bits per heavy atom. The van der Waals surface area contributed by atoms with Crippen molar-refractivity contribution in [2.24, 2.45) is 0 Å². The summed E-state index contributed by atoms with van der Waals surface area (Å²) in [7, 11) is 5.54. The summed E-state index contributed by atoms with van der Waals surface area (Å²) in [6, 6.07) is 13.1. The molecule has 8 heteroatoms. The molecule has 0 aliphatic carbocycles. The Labute approximate surface area is 179 Å². The number of methoxy groups -OCH3 is 1. The van der Waals surface area contributed by atoms with Gasteiger partial charge in [0.1, 0.15) is 5.75 Å². The number of carbonyl (C=O) groups excluding carboxylic acids is 2. The minimum atomic E-state index is -0.479. The summed E-state index contributed by atoms with van der Waals surface area (Å²) >= 11 is 7.36. The summed E-state index contributed by atoms with van der Waals surface area (Å²) in [4.78, 5) is 27.9. The van der Waals surface area contributed by atoms with E-state index in [1.807, 2.05) is 49.3 Å². The molecule has 2 N–H and O–H groups in total. The number of anilines is 1. The normalized spacial score (nSPS) is 16.7. The quantitative estimate of drug-likeness (QED) is 0.698. The van der Waals surface area contributed by atoms with Crippen molar-refractivity contribution < 1.29 is 14.3 Å². The third kappa shape index (κ3) is 5.23. The van der Waals surface area contributed by atoms with Crippen LogP contribution in [0.2, 0.25) is 5.02 Å². The molecule has 1 aliphatic rings. The SMILES string of the molecule is COc1ccccc1[C@H](CNC(=O)C[C@H]1Sc2ccc(Cl)cc2NC1=O)N(C)C. The first-order valence-corrected chi connectivity index (χ1v) is 10.5. The van der Waals surface area contributed by atoms with Crippen LogP contribution in [0, 0.1) is 0 Å². The molecule has 0 bridgehead atoms. The molecule has 1 aliphatic heterocycles. The van der Waals surface area contributed by atoms with Gasteiger partial charge in [0, 0.05) is 28.4 Å². The Morgan fingerprint density at radius 3 is 2.79 bits per heavy atom. The van der Waals surface area contributed by atoms with Gasteiger partial charge in [-0.3, -0.25) is 9.59 Å². The molecule has 154 valence electrons. The standard InChI is InChI=1S/C21H24ClN3O3S/c1-25(2)16(14-6-4-5-7-17(14)28-3)12-23-20(26)11-19-21(27)24-15-10-13(22)8-9-18(15)29-19/h4-10,16,19H,11-12H2,1-3H3,(H,23,26)(H,24,27)/t16-,19+/m0/s1. The number of rotatable bonds is 7. The summed E-state index contributed by atoms with van der Waals surface area (Å²) in [6.07, 6.45) is 0.102. The van der Waals surface area contributed by atoms with Gasteiger partial charge in [0.05, 0.1) is 24.1 Å². The number of carbonyl (C=O) groups is 2. The molecular weight excluding hydrogens is 410 g/mol. The van der Waals surface area contributed by atoms with Crippen LogP contribution < -0.4 is 15.4 Å². The van der Waals surface area contributed by atoms with Crippen molar-refractivity contribution >= 4 is 40.9 Å². The van der Waals surface area contributed by atoms with E-state index in [1.165, 1.54) is 11.8 Å². The van der Waals surface area contributed by atoms with Gasteiger partial charge in [0.25, 0.3) is 0 Å². The van der Waals surface area contributed by atoms with E-state index in [4.69, 9.17) is 16.3 Å². The summed E-state index contributed by atoms with van der Waals surface area (Å²) in [5.41, 5.74) is 1.68. The van der Waals surface area contributed by atoms with Crippen molar-refractivity contribution in [1.82, 2.24) is 10.2 Å². The molecule has 0 aromatic heterocycles. The van der Waals surface area contributed by atoms with Crippen molar-refractivity contribution in [3.05, 3.63) is 53.1 Å². The van der Waals surface area contributed by atoms with Crippen LogP contribution in [0.25, 0.3) is 0 Å². The lowest BCUT2D eigenvalue weighted by molar-refractivity contribution is -0.124. The molecule has 6 nitrogen and oxygen atoms in total. The van der Waals surface area contributed by atoms with E-state index in [1.54, 1.807) is 19.2 Å². The van der Waals surface area contributed by atoms with Gasteiger partial charge in [0.2, 0.25) is 11.8 Å². The van der Waals surface area contributed by atoms with E-state index in [9.17, 15) is 9.59 Å². The van der Waals surface area contributed by atoms with Gasteiger partial charge in [0.15, 0.2) is 0 Å². The van der Waals surface area contributed by atoms with Gasteiger partial charge >= 0.3 is 0 Å². The van der Waals surface area contributed by atoms with E-state index >= 15 is 0 Å². The highest BCUT2D eigenvalue weighted by molar-refractivity contribution is 8.01. The van der Waals surface area contributed by atoms with Crippen LogP contribution in [-0.2, 0) is 9.59 Å². The molecule has 0 saturated heterocycles. The molecular formula is C21H24ClN3O3S. The highest BCUT2D eigenvalue weighted by Gasteiger charge is 2.29. The molecule has 2 aromatic rings. The maximum atomic E-state index is 12.6. The average Bonchev–Trinajstić information content (AvgIpc) is 2.69. The number of nitrogens with zero attached hydrogens (tertiary/aromatic N) is 1. The summed E-state index contributed by atoms with van der Waals surface area (Å²) < 4.78 is 5.46. The minimum absolute atomic E-state index is 0.0502. The molecule has 29 heavy (non-hydrogen) atoms. The molecule has 0 radical (unpaired) electrons. The number of amides is 2. The van der Waals surface area contributed by atoms with E-state index in [0.717, 1.165) is 16.2 Å². The number of nitrogens with one attached hydrogen (secondary N) is 2. The molecule has 0 saturated carbocycles. The topological polar surface area (TPSA) is 70.7 Å². The lowest BCUT2D eigenvalue weighted by Gasteiger charge is -2.27. The number of para-hydroxylation sites is 1. The van der Waals surface area contributed by atoms with Gasteiger partial charge in [-0.1, -0.05) is 29.8 Å². The van der Waals surface area contributed by atoms with Gasteiger partial charge in [-0.15, -0.1) is 11.8 Å². The minimum Gasteiger partial charge on any atom is -0.496 e. The second-order valence-corrected chi connectivity index (χ2v) is 8.65. The van der Waals surface area contributed by atoms with E-state index in [-0.39, 0.29) is 24.3 Å². The van der Waals surface area contributed by atoms with Crippen LogP contribution in [0.5, 0.6) is 5.75 Å². The lowest BCUT2D eigenvalue weighted by atomic mass is 10.0. The van der Waals surface area contributed by atoms with Crippen LogP contribution >= 0.6 is 23.4 Å². The molecule has 2 amide bonds. The number of ether oxygens (including phenoxy) is 1. The predicted molar refractivity (Wildman–Crippen MR) is 117 cm³/mol. The smallest absolute Gasteiger partial charge is 0.238 e. The van der Waals surface area contributed by atoms with Crippen molar-refractivity contribution in [1.29, 1.82) is 0 Å². The van der Waals surface area contributed by atoms with Crippen LogP contribution in [0.15, 0.2) is 47.4 Å². The highest BCUT2D eigenvalue weighted by Crippen LogP contribution is 2.38. The predicted octanol–water partition coefficient (Wildman–Crippen LogP) is 3.57. The molecule has 0 spiro atoms. The lowest BCUT2D eigenvalue weighted by Crippen LogP contribution is -2.38. The van der Waals surface area contributed by atoms with Crippen LogP contribution in [-0.4, -0.2) is 49.7 Å². The Balaban J connectivity index is 1.62. The third-order valence-electron chi connectivity index (χ3n) is 4.75. The van der Waals surface area contributed by atoms with Crippen molar-refractivity contribution in [3.63, 3.8) is 0 Å². The number of likely N-dealkylation sites (N-methyl/N-ethyl adjacent to an activating group) is 1. The summed E-state index contributed by atoms with van der Waals surface area (Å²) in [5, 5.41) is 5.88. The Morgan fingerprint density at radius 1 is 1.31 bits per heavy atom. The van der Waals surface area contributed by atoms with E-state index in [0.29, 0.717) is 17.3 Å². The molecule has 3 rings (SSSR count). The number of hydrogen-bond donors (Lipinski definition) is 2. The Kier molecular flexibility index (Phi) is 7.05. The number of hydrogen-bond acceptors (Lipinski definition) is 5. The maximum absolute atomic E-state index is 12.6. The Bertz CT molecular complexity index is 906. The monoisotopic (exact) mass is 433 g/mol. The fraction of sp³-hybridized carbons (Fsp3) is 0.333. The number of halogens is 1. The van der Waals surface area contributed by atoms with Crippen LogP contribution in [0.1, 0.15) is 18.0 Å². The van der Waals surface area contributed by atoms with E-state index in [2.05, 4.69) is 10.6 Å². The van der Waals surface area contributed by atoms with Gasteiger partial charge in [-0.05, 0) is 38.4 Å². The fourth-order valence-corrected chi connectivity index (χ4v) is 4.48. The zero-order valence-electron chi connectivity index (χ0n) is 16.6. The highest BCUT2D eigenvalue weighted by atomic mass is 35.5. The number of thioether (sulfide) groups is 1. The second kappa shape index (κ2) is 9.52. The average molecular weight is 434 g/mol. The first-order valence-electron chi connectivity index (χ1n) is 9.22. The molecule has 1 heterocycles. The number of fused-ring (bicyclic) bond motifs is 1. The third-order valence-corrected chi connectivity index (χ3v) is 6.26. The first-order chi connectivity index (χ1) is 13.9. The fourth-order valence-electron chi connectivity index (χ4n) is 3.22. The molecule has 0 unspecified atom stereocenters. The molecule has 0 fully saturated rings. The molecule has 2 aromatic carbocycles. The van der Waals surface area contributed by atoms with Gasteiger partial charge in [-0.2, -0.15) is 0 Å². The van der Waals surface area contributed by atoms with Crippen molar-refractivity contribution in [3.8, 4) is 5.75 Å². The zero-order valence-corrected chi connectivity index (χ0v) is 18.1. The van der Waals surface area contributed by atoms with Crippen LogP contribution in [0.4, 0.5) is 5.69 Å². The van der Waals surface area contributed by atoms with Crippen molar-refractivity contribution in [2.45, 2.75) is 22.6 Å². The second-order valence-electron chi connectivity index (χ2n) is 6.97. The first kappa shape index (κ1) is 21.5. The largest absolute Gasteiger partial charge is 0.496 e. The summed E-state index contributed by atoms with van der Waals surface area (Å²) in [6.45, 7) is 0.414. The Hall–Kier alpha value is -2.22. The maximum Gasteiger partial charge on any atom is 0.238 e. The van der Waals surface area contributed by atoms with Gasteiger partial charge < -0.3 is 20.3 Å². The van der Waals surface area contributed by atoms with Crippen molar-refractivity contribution in [2.75, 3.05) is 33.1 Å². The number of benzene rings is 2. The van der Waals surface area contributed by atoms with Gasteiger partial charge in [-0.25, -0.2) is 0 Å². The zero-order chi connectivity index (χ0) is 21.0. The van der Waals surface area contributed by atoms with Crippen LogP contribution in [0.3, 0.4) is 0 Å². The van der Waals surface area contributed by atoms with E-state index < -0.39 is 5.25 Å². The molecule has 2 atom stereocenters. The summed E-state index contributed by atoms with van der Waals surface area (Å²) in [5.74, 6) is 0.420.